The van der Waals surface area contributed by atoms with Crippen LogP contribution in [0.5, 0.6) is 0 Å². The molecule has 4 aromatic carbocycles. The zero-order chi connectivity index (χ0) is 18.4. The third kappa shape index (κ3) is 2.30. The molecular weight excluding hydrogens is 348 g/mol. The van der Waals surface area contributed by atoms with Crippen LogP contribution in [0, 0.1) is 6.92 Å². The minimum atomic E-state index is -0.191. The first-order valence-electron chi connectivity index (χ1n) is 9.54. The van der Waals surface area contributed by atoms with Crippen molar-refractivity contribution in [2.45, 2.75) is 25.2 Å². The molecule has 0 nitrogen and oxygen atoms in total. The van der Waals surface area contributed by atoms with Gasteiger partial charge >= 0.3 is 0 Å². The van der Waals surface area contributed by atoms with Crippen LogP contribution in [-0.2, 0) is 11.8 Å². The summed E-state index contributed by atoms with van der Waals surface area (Å²) in [5.41, 5.74) is 6.56. The van der Waals surface area contributed by atoms with Crippen molar-refractivity contribution in [2.75, 3.05) is 0 Å². The van der Waals surface area contributed by atoms with Crippen molar-refractivity contribution in [1.29, 1.82) is 0 Å². The van der Waals surface area contributed by atoms with Crippen LogP contribution in [0.1, 0.15) is 34.2 Å². The van der Waals surface area contributed by atoms with Gasteiger partial charge in [0.2, 0.25) is 0 Å². The van der Waals surface area contributed by atoms with Crippen molar-refractivity contribution in [1.82, 2.24) is 0 Å². The van der Waals surface area contributed by atoms with E-state index >= 15 is 0 Å². The second kappa shape index (κ2) is 6.25. The molecule has 1 aliphatic rings. The number of hydrogen-bond acceptors (Lipinski definition) is 0. The highest BCUT2D eigenvalue weighted by Crippen LogP contribution is 2.54. The summed E-state index contributed by atoms with van der Waals surface area (Å²) in [5.74, 6) is 0. The lowest BCUT2D eigenvalue weighted by Gasteiger charge is -2.33. The summed E-state index contributed by atoms with van der Waals surface area (Å²) in [6, 6.07) is 30.3. The van der Waals surface area contributed by atoms with E-state index in [-0.39, 0.29) is 5.41 Å². The molecule has 132 valence electrons. The fraction of sp³-hybridized carbons (Fsp3) is 0.154. The monoisotopic (exact) mass is 368 g/mol. The predicted molar refractivity (Wildman–Crippen MR) is 115 cm³/mol. The van der Waals surface area contributed by atoms with Crippen LogP contribution in [0.15, 0.2) is 84.9 Å². The Morgan fingerprint density at radius 2 is 1.22 bits per heavy atom. The summed E-state index contributed by atoms with van der Waals surface area (Å²) >= 11 is 7.14. The maximum Gasteiger partial charge on any atom is 0.0531 e. The van der Waals surface area contributed by atoms with Gasteiger partial charge in [0.15, 0.2) is 0 Å². The van der Waals surface area contributed by atoms with E-state index < -0.39 is 0 Å². The zero-order valence-electron chi connectivity index (χ0n) is 15.4. The first-order chi connectivity index (χ1) is 13.2. The minimum Gasteiger partial charge on any atom is -0.0833 e. The Labute approximate surface area is 165 Å². The molecule has 0 heterocycles. The van der Waals surface area contributed by atoms with Gasteiger partial charge in [-0.2, -0.15) is 0 Å². The average Bonchev–Trinajstić information content (AvgIpc) is 3.15. The van der Waals surface area contributed by atoms with Crippen LogP contribution in [0.25, 0.3) is 10.8 Å². The summed E-state index contributed by atoms with van der Waals surface area (Å²) in [5, 5.41) is 3.35. The fourth-order valence-corrected chi connectivity index (χ4v) is 5.44. The standard InChI is InChI=1S/C26H21Cl/c1-18-21-14-8-9-15-23(21)25(27)24-22(18)16-17-26(24,19-10-4-2-5-11-19)20-12-6-3-7-13-20/h2-15H,16-17H2,1H3. The molecule has 0 bridgehead atoms. The van der Waals surface area contributed by atoms with Crippen molar-refractivity contribution in [2.24, 2.45) is 0 Å². The Morgan fingerprint density at radius 3 is 1.81 bits per heavy atom. The number of hydrogen-bond donors (Lipinski definition) is 0. The Bertz CT molecular complexity index is 1090. The molecule has 27 heavy (non-hydrogen) atoms. The van der Waals surface area contributed by atoms with Crippen LogP contribution < -0.4 is 0 Å². The smallest absolute Gasteiger partial charge is 0.0531 e. The lowest BCUT2D eigenvalue weighted by atomic mass is 9.70. The largest absolute Gasteiger partial charge is 0.0833 e. The molecule has 0 fully saturated rings. The number of halogens is 1. The third-order valence-corrected chi connectivity index (χ3v) is 6.64. The van der Waals surface area contributed by atoms with Crippen LogP contribution in [0.3, 0.4) is 0 Å². The second-order valence-electron chi connectivity index (χ2n) is 7.48. The summed E-state index contributed by atoms with van der Waals surface area (Å²) in [4.78, 5) is 0. The molecule has 1 aliphatic carbocycles. The van der Waals surface area contributed by atoms with E-state index in [0.29, 0.717) is 0 Å². The molecule has 0 saturated heterocycles. The van der Waals surface area contributed by atoms with Crippen molar-refractivity contribution in [3.8, 4) is 0 Å². The van der Waals surface area contributed by atoms with Gasteiger partial charge in [-0.3, -0.25) is 0 Å². The quantitative estimate of drug-likeness (QED) is 0.354. The Kier molecular flexibility index (Phi) is 3.84. The van der Waals surface area contributed by atoms with Gasteiger partial charge in [-0.25, -0.2) is 0 Å². The Morgan fingerprint density at radius 1 is 0.704 bits per heavy atom. The number of benzene rings is 4. The first-order valence-corrected chi connectivity index (χ1v) is 9.92. The molecule has 0 amide bonds. The lowest BCUT2D eigenvalue weighted by Crippen LogP contribution is -2.27. The van der Waals surface area contributed by atoms with E-state index in [2.05, 4.69) is 91.9 Å². The van der Waals surface area contributed by atoms with Gasteiger partial charge in [0.1, 0.15) is 0 Å². The highest BCUT2D eigenvalue weighted by Gasteiger charge is 2.44. The predicted octanol–water partition coefficient (Wildman–Crippen LogP) is 7.08. The number of rotatable bonds is 2. The van der Waals surface area contributed by atoms with Crippen molar-refractivity contribution in [3.05, 3.63) is 118 Å². The molecule has 0 aliphatic heterocycles. The Balaban J connectivity index is 1.93. The normalized spacial score (nSPS) is 15.0. The SMILES string of the molecule is Cc1c2c(c(Cl)c3ccccc13)C(c1ccccc1)(c1ccccc1)CC2. The number of aryl methyl sites for hydroxylation is 1. The van der Waals surface area contributed by atoms with Crippen LogP contribution in [0.2, 0.25) is 5.02 Å². The van der Waals surface area contributed by atoms with E-state index in [1.807, 2.05) is 0 Å². The molecule has 0 aromatic heterocycles. The van der Waals surface area contributed by atoms with Crippen molar-refractivity contribution >= 4 is 22.4 Å². The highest BCUT2D eigenvalue weighted by molar-refractivity contribution is 6.37. The molecule has 0 unspecified atom stereocenters. The second-order valence-corrected chi connectivity index (χ2v) is 7.85. The van der Waals surface area contributed by atoms with Gasteiger partial charge in [-0.05, 0) is 53.0 Å². The van der Waals surface area contributed by atoms with E-state index in [1.165, 1.54) is 33.2 Å². The molecule has 0 spiro atoms. The Hall–Kier alpha value is -2.57. The fourth-order valence-electron chi connectivity index (χ4n) is 5.00. The van der Waals surface area contributed by atoms with Crippen LogP contribution in [0.4, 0.5) is 0 Å². The molecule has 0 N–H and O–H groups in total. The van der Waals surface area contributed by atoms with Gasteiger partial charge in [-0.15, -0.1) is 0 Å². The molecule has 0 atom stereocenters. The summed E-state index contributed by atoms with van der Waals surface area (Å²) < 4.78 is 0. The molecule has 4 aromatic rings. The first kappa shape index (κ1) is 16.6. The van der Waals surface area contributed by atoms with Gasteiger partial charge in [0, 0.05) is 10.8 Å². The van der Waals surface area contributed by atoms with Crippen molar-refractivity contribution < 1.29 is 0 Å². The van der Waals surface area contributed by atoms with Gasteiger partial charge < -0.3 is 0 Å². The van der Waals surface area contributed by atoms with Gasteiger partial charge in [0.05, 0.1) is 5.02 Å². The molecule has 5 rings (SSSR count). The van der Waals surface area contributed by atoms with E-state index in [9.17, 15) is 0 Å². The average molecular weight is 369 g/mol. The zero-order valence-corrected chi connectivity index (χ0v) is 16.1. The summed E-state index contributed by atoms with van der Waals surface area (Å²) in [6.07, 6.45) is 2.10. The minimum absolute atomic E-state index is 0.191. The lowest BCUT2D eigenvalue weighted by molar-refractivity contribution is 0.610. The third-order valence-electron chi connectivity index (χ3n) is 6.25. The molecule has 0 saturated carbocycles. The molecular formula is C26H21Cl. The van der Waals surface area contributed by atoms with Crippen LogP contribution in [-0.4, -0.2) is 0 Å². The summed E-state index contributed by atoms with van der Waals surface area (Å²) in [7, 11) is 0. The van der Waals surface area contributed by atoms with E-state index in [1.54, 1.807) is 0 Å². The maximum atomic E-state index is 7.14. The maximum absolute atomic E-state index is 7.14. The van der Waals surface area contributed by atoms with Gasteiger partial charge in [-0.1, -0.05) is 96.5 Å². The molecule has 0 radical (unpaired) electrons. The highest BCUT2D eigenvalue weighted by atomic mass is 35.5. The topological polar surface area (TPSA) is 0 Å². The van der Waals surface area contributed by atoms with Gasteiger partial charge in [0.25, 0.3) is 0 Å². The van der Waals surface area contributed by atoms with E-state index in [0.717, 1.165) is 23.3 Å². The molecule has 1 heteroatoms. The van der Waals surface area contributed by atoms with Crippen LogP contribution >= 0.6 is 11.6 Å². The van der Waals surface area contributed by atoms with E-state index in [4.69, 9.17) is 11.6 Å². The summed E-state index contributed by atoms with van der Waals surface area (Å²) in [6.45, 7) is 2.25. The number of fused-ring (bicyclic) bond motifs is 2. The van der Waals surface area contributed by atoms with Crippen molar-refractivity contribution in [3.63, 3.8) is 0 Å².